The van der Waals surface area contributed by atoms with Gasteiger partial charge in [-0.15, -0.1) is 11.3 Å². The number of benzene rings is 1. The van der Waals surface area contributed by atoms with Crippen LogP contribution in [-0.4, -0.2) is 5.11 Å². The average molecular weight is 301 g/mol. The van der Waals surface area contributed by atoms with Crippen LogP contribution in [0, 0.1) is 14.9 Å². The van der Waals surface area contributed by atoms with E-state index < -0.39 is 0 Å². The summed E-state index contributed by atoms with van der Waals surface area (Å²) in [5.74, 6) is 0.259. The first kappa shape index (κ1) is 8.78. The third-order valence-electron chi connectivity index (χ3n) is 1.74. The largest absolute Gasteiger partial charge is 0.506 e. The zero-order chi connectivity index (χ0) is 9.42. The maximum Gasteiger partial charge on any atom is 0.134 e. The summed E-state index contributed by atoms with van der Waals surface area (Å²) in [5.41, 5.74) is 0.632. The maximum atomic E-state index is 9.45. The molecule has 2 nitrogen and oxygen atoms in total. The molecule has 4 heteroatoms. The van der Waals surface area contributed by atoms with Crippen molar-refractivity contribution in [1.29, 1.82) is 5.26 Å². The first-order valence-electron chi connectivity index (χ1n) is 3.52. The molecule has 0 radical (unpaired) electrons. The molecule has 1 heterocycles. The molecule has 1 N–H and O–H groups in total. The number of hydrogen-bond acceptors (Lipinski definition) is 3. The molecule has 0 aliphatic rings. The quantitative estimate of drug-likeness (QED) is 0.760. The minimum Gasteiger partial charge on any atom is -0.506 e. The topological polar surface area (TPSA) is 44.0 Å². The van der Waals surface area contributed by atoms with Crippen molar-refractivity contribution in [2.45, 2.75) is 0 Å². The van der Waals surface area contributed by atoms with E-state index in [1.807, 2.05) is 12.1 Å². The molecule has 0 spiro atoms. The first-order chi connectivity index (χ1) is 6.22. The lowest BCUT2D eigenvalue weighted by Crippen LogP contribution is -1.77. The van der Waals surface area contributed by atoms with Crippen molar-refractivity contribution in [3.8, 4) is 11.8 Å². The van der Waals surface area contributed by atoms with E-state index >= 15 is 0 Å². The van der Waals surface area contributed by atoms with Crippen molar-refractivity contribution in [2.24, 2.45) is 0 Å². The minimum absolute atomic E-state index is 0.259. The molecule has 2 rings (SSSR count). The number of nitrogens with zero attached hydrogens (tertiary/aromatic N) is 1. The zero-order valence-electron chi connectivity index (χ0n) is 6.41. The molecule has 0 saturated heterocycles. The summed E-state index contributed by atoms with van der Waals surface area (Å²) in [6.07, 6.45) is 0. The van der Waals surface area contributed by atoms with Gasteiger partial charge in [0.15, 0.2) is 0 Å². The van der Waals surface area contributed by atoms with Gasteiger partial charge < -0.3 is 5.11 Å². The van der Waals surface area contributed by atoms with Crippen molar-refractivity contribution < 1.29 is 5.11 Å². The Labute approximate surface area is 92.6 Å². The summed E-state index contributed by atoms with van der Waals surface area (Å²) < 4.78 is 1.83. The van der Waals surface area contributed by atoms with Crippen molar-refractivity contribution >= 4 is 44.0 Å². The van der Waals surface area contributed by atoms with E-state index in [1.165, 1.54) is 11.3 Å². The summed E-state index contributed by atoms with van der Waals surface area (Å²) >= 11 is 3.53. The normalized spacial score (nSPS) is 10.2. The van der Waals surface area contributed by atoms with E-state index in [0.29, 0.717) is 5.56 Å². The molecule has 0 amide bonds. The summed E-state index contributed by atoms with van der Waals surface area (Å²) in [6, 6.07) is 5.81. The first-order valence-corrected chi connectivity index (χ1v) is 5.48. The number of aromatic hydroxyl groups is 1. The van der Waals surface area contributed by atoms with E-state index in [0.717, 1.165) is 13.7 Å². The van der Waals surface area contributed by atoms with E-state index in [1.54, 1.807) is 5.38 Å². The fourth-order valence-electron chi connectivity index (χ4n) is 1.17. The molecule has 1 aromatic carbocycles. The predicted octanol–water partition coefficient (Wildman–Crippen LogP) is 3.08. The number of halogens is 1. The molecule has 0 unspecified atom stereocenters. The van der Waals surface area contributed by atoms with Crippen molar-refractivity contribution in [1.82, 2.24) is 0 Å². The number of rotatable bonds is 0. The van der Waals surface area contributed by atoms with Crippen LogP contribution in [0.1, 0.15) is 5.56 Å². The Balaban J connectivity index is 2.94. The van der Waals surface area contributed by atoms with Crippen LogP contribution in [-0.2, 0) is 0 Å². The smallest absolute Gasteiger partial charge is 0.134 e. The van der Waals surface area contributed by atoms with Gasteiger partial charge in [0.25, 0.3) is 0 Å². The highest BCUT2D eigenvalue weighted by molar-refractivity contribution is 14.1. The molecule has 0 bridgehead atoms. The number of hydrogen-bond donors (Lipinski definition) is 1. The van der Waals surface area contributed by atoms with Gasteiger partial charge in [-0.2, -0.15) is 5.26 Å². The molecule has 13 heavy (non-hydrogen) atoms. The zero-order valence-corrected chi connectivity index (χ0v) is 9.39. The van der Waals surface area contributed by atoms with Gasteiger partial charge >= 0.3 is 0 Å². The second-order valence-electron chi connectivity index (χ2n) is 2.56. The lowest BCUT2D eigenvalue weighted by molar-refractivity contribution is 0.483. The fourth-order valence-corrected chi connectivity index (χ4v) is 2.67. The van der Waals surface area contributed by atoms with E-state index in [2.05, 4.69) is 28.7 Å². The standard InChI is InChI=1S/C9H4INOS/c10-6-1-5(3-11)9-7(2-6)8(12)4-13-9/h1-2,4,12H. The Morgan fingerprint density at radius 1 is 1.46 bits per heavy atom. The molecule has 0 atom stereocenters. The molecular formula is C9H4INOS. The third-order valence-corrected chi connectivity index (χ3v) is 3.38. The van der Waals surface area contributed by atoms with Crippen LogP contribution < -0.4 is 0 Å². The Bertz CT molecular complexity index is 512. The average Bonchev–Trinajstić information content (AvgIpc) is 2.47. The van der Waals surface area contributed by atoms with Gasteiger partial charge in [-0.05, 0) is 34.7 Å². The van der Waals surface area contributed by atoms with Crippen LogP contribution >= 0.6 is 33.9 Å². The van der Waals surface area contributed by atoms with Crippen LogP contribution in [0.15, 0.2) is 17.5 Å². The Morgan fingerprint density at radius 3 is 2.92 bits per heavy atom. The predicted molar refractivity (Wildman–Crippen MR) is 60.9 cm³/mol. The SMILES string of the molecule is N#Cc1cc(I)cc2c(O)csc12. The molecule has 2 aromatic rings. The van der Waals surface area contributed by atoms with E-state index in [4.69, 9.17) is 5.26 Å². The second-order valence-corrected chi connectivity index (χ2v) is 4.69. The fraction of sp³-hybridized carbons (Fsp3) is 0. The van der Waals surface area contributed by atoms with E-state index in [9.17, 15) is 5.11 Å². The second kappa shape index (κ2) is 3.16. The molecule has 64 valence electrons. The Kier molecular flexibility index (Phi) is 2.14. The monoisotopic (exact) mass is 301 g/mol. The van der Waals surface area contributed by atoms with Gasteiger partial charge in [0.2, 0.25) is 0 Å². The van der Waals surface area contributed by atoms with Crippen LogP contribution in [0.25, 0.3) is 10.1 Å². The van der Waals surface area contributed by atoms with Gasteiger partial charge in [0.05, 0.1) is 10.3 Å². The van der Waals surface area contributed by atoms with Crippen LogP contribution in [0.2, 0.25) is 0 Å². The Hall–Kier alpha value is -0.800. The maximum absolute atomic E-state index is 9.45. The lowest BCUT2D eigenvalue weighted by atomic mass is 10.2. The van der Waals surface area contributed by atoms with Gasteiger partial charge in [-0.25, -0.2) is 0 Å². The molecular weight excluding hydrogens is 297 g/mol. The lowest BCUT2D eigenvalue weighted by Gasteiger charge is -1.95. The molecule has 0 saturated carbocycles. The molecule has 0 aliphatic heterocycles. The van der Waals surface area contributed by atoms with Crippen LogP contribution in [0.3, 0.4) is 0 Å². The number of nitriles is 1. The summed E-state index contributed by atoms with van der Waals surface area (Å²) in [7, 11) is 0. The van der Waals surface area contributed by atoms with Crippen molar-refractivity contribution in [2.75, 3.05) is 0 Å². The Morgan fingerprint density at radius 2 is 2.23 bits per heavy atom. The molecule has 0 aliphatic carbocycles. The van der Waals surface area contributed by atoms with Crippen LogP contribution in [0.5, 0.6) is 5.75 Å². The number of fused-ring (bicyclic) bond motifs is 1. The molecule has 0 fully saturated rings. The van der Waals surface area contributed by atoms with Gasteiger partial charge in [-0.3, -0.25) is 0 Å². The minimum atomic E-state index is 0.259. The van der Waals surface area contributed by atoms with Crippen LogP contribution in [0.4, 0.5) is 0 Å². The highest BCUT2D eigenvalue weighted by atomic mass is 127. The third kappa shape index (κ3) is 1.38. The van der Waals surface area contributed by atoms with Gasteiger partial charge in [-0.1, -0.05) is 0 Å². The summed E-state index contributed by atoms with van der Waals surface area (Å²) in [4.78, 5) is 0. The van der Waals surface area contributed by atoms with Crippen molar-refractivity contribution in [3.63, 3.8) is 0 Å². The van der Waals surface area contributed by atoms with Crippen molar-refractivity contribution in [3.05, 3.63) is 26.6 Å². The van der Waals surface area contributed by atoms with Gasteiger partial charge in [0.1, 0.15) is 11.8 Å². The number of thiophene rings is 1. The molecule has 1 aromatic heterocycles. The summed E-state index contributed by atoms with van der Waals surface area (Å²) in [6.45, 7) is 0. The highest BCUT2D eigenvalue weighted by Crippen LogP contribution is 2.34. The van der Waals surface area contributed by atoms with E-state index in [-0.39, 0.29) is 5.75 Å². The summed E-state index contributed by atoms with van der Waals surface area (Å²) in [5, 5.41) is 20.7. The highest BCUT2D eigenvalue weighted by Gasteiger charge is 2.07. The van der Waals surface area contributed by atoms with Gasteiger partial charge in [0, 0.05) is 14.3 Å².